The zero-order valence-corrected chi connectivity index (χ0v) is 7.02. The van der Waals surface area contributed by atoms with Crippen molar-refractivity contribution in [2.24, 2.45) is 5.92 Å². The van der Waals surface area contributed by atoms with E-state index in [1.807, 2.05) is 0 Å². The smallest absolute Gasteiger partial charge is 0.223 e. The van der Waals surface area contributed by atoms with Crippen molar-refractivity contribution in [3.05, 3.63) is 0 Å². The van der Waals surface area contributed by atoms with Gasteiger partial charge in [-0.05, 0) is 25.7 Å². The minimum Gasteiger partial charge on any atom is -0.350 e. The van der Waals surface area contributed by atoms with Crippen molar-refractivity contribution >= 4 is 5.91 Å². The van der Waals surface area contributed by atoms with Crippen LogP contribution in [0.4, 0.5) is 0 Å². The van der Waals surface area contributed by atoms with Gasteiger partial charge in [-0.2, -0.15) is 0 Å². The highest BCUT2D eigenvalue weighted by Crippen LogP contribution is 2.46. The van der Waals surface area contributed by atoms with Crippen molar-refractivity contribution in [3.63, 3.8) is 0 Å². The Morgan fingerprint density at radius 1 is 1.64 bits per heavy atom. The Morgan fingerprint density at radius 2 is 2.36 bits per heavy atom. The summed E-state index contributed by atoms with van der Waals surface area (Å²) in [5.41, 5.74) is 0.289. The van der Waals surface area contributed by atoms with E-state index in [0.717, 1.165) is 19.3 Å². The molecule has 1 spiro atoms. The van der Waals surface area contributed by atoms with E-state index < -0.39 is 0 Å². The molecule has 1 saturated heterocycles. The number of carbonyl (C=O) groups excluding carboxylic acids is 1. The van der Waals surface area contributed by atoms with E-state index in [1.54, 1.807) is 0 Å². The SMILES string of the molecule is CCCC1CC2(CC2)NC1=O. The van der Waals surface area contributed by atoms with E-state index in [0.29, 0.717) is 11.8 Å². The molecule has 0 aromatic heterocycles. The maximum absolute atomic E-state index is 11.3. The third kappa shape index (κ3) is 1.15. The molecule has 2 heteroatoms. The second-order valence-corrected chi connectivity index (χ2v) is 3.96. The van der Waals surface area contributed by atoms with Crippen LogP contribution >= 0.6 is 0 Å². The zero-order chi connectivity index (χ0) is 7.90. The molecule has 0 aromatic carbocycles. The van der Waals surface area contributed by atoms with Gasteiger partial charge in [0.15, 0.2) is 0 Å². The van der Waals surface area contributed by atoms with E-state index in [2.05, 4.69) is 12.2 Å². The molecule has 1 N–H and O–H groups in total. The number of carbonyl (C=O) groups is 1. The van der Waals surface area contributed by atoms with E-state index >= 15 is 0 Å². The fourth-order valence-electron chi connectivity index (χ4n) is 2.04. The van der Waals surface area contributed by atoms with E-state index in [4.69, 9.17) is 0 Å². The Balaban J connectivity index is 1.97. The standard InChI is InChI=1S/C9H15NO/c1-2-3-7-6-9(4-5-9)10-8(7)11/h7H,2-6H2,1H3,(H,10,11). The average molecular weight is 153 g/mol. The maximum atomic E-state index is 11.3. The molecule has 1 atom stereocenters. The summed E-state index contributed by atoms with van der Waals surface area (Å²) in [5.74, 6) is 0.645. The van der Waals surface area contributed by atoms with Crippen LogP contribution in [0.2, 0.25) is 0 Å². The fourth-order valence-corrected chi connectivity index (χ4v) is 2.04. The van der Waals surface area contributed by atoms with Gasteiger partial charge in [0.25, 0.3) is 0 Å². The van der Waals surface area contributed by atoms with E-state index in [-0.39, 0.29) is 5.54 Å². The third-order valence-corrected chi connectivity index (χ3v) is 2.89. The summed E-state index contributed by atoms with van der Waals surface area (Å²) in [7, 11) is 0. The van der Waals surface area contributed by atoms with Crippen LogP contribution in [0, 0.1) is 5.92 Å². The van der Waals surface area contributed by atoms with Gasteiger partial charge in [-0.15, -0.1) is 0 Å². The van der Waals surface area contributed by atoms with Crippen molar-refractivity contribution in [1.29, 1.82) is 0 Å². The topological polar surface area (TPSA) is 29.1 Å². The predicted octanol–water partition coefficient (Wildman–Crippen LogP) is 1.46. The van der Waals surface area contributed by atoms with Gasteiger partial charge in [-0.3, -0.25) is 4.79 Å². The van der Waals surface area contributed by atoms with Gasteiger partial charge in [-0.25, -0.2) is 0 Å². The van der Waals surface area contributed by atoms with Crippen molar-refractivity contribution in [2.45, 2.75) is 44.6 Å². The van der Waals surface area contributed by atoms with Gasteiger partial charge >= 0.3 is 0 Å². The summed E-state index contributed by atoms with van der Waals surface area (Å²) < 4.78 is 0. The van der Waals surface area contributed by atoms with Gasteiger partial charge in [0, 0.05) is 11.5 Å². The summed E-state index contributed by atoms with van der Waals surface area (Å²) >= 11 is 0. The number of rotatable bonds is 2. The first-order valence-electron chi connectivity index (χ1n) is 4.58. The highest BCUT2D eigenvalue weighted by Gasteiger charge is 2.51. The summed E-state index contributed by atoms with van der Waals surface area (Å²) in [6, 6.07) is 0. The summed E-state index contributed by atoms with van der Waals surface area (Å²) in [6.45, 7) is 2.14. The van der Waals surface area contributed by atoms with Crippen molar-refractivity contribution < 1.29 is 4.79 Å². The van der Waals surface area contributed by atoms with Crippen LogP contribution in [0.5, 0.6) is 0 Å². The second-order valence-electron chi connectivity index (χ2n) is 3.96. The van der Waals surface area contributed by atoms with Gasteiger partial charge in [0.1, 0.15) is 0 Å². The predicted molar refractivity (Wildman–Crippen MR) is 43.1 cm³/mol. The van der Waals surface area contributed by atoms with Crippen LogP contribution in [0.25, 0.3) is 0 Å². The molecule has 62 valence electrons. The van der Waals surface area contributed by atoms with Gasteiger partial charge in [0.05, 0.1) is 0 Å². The maximum Gasteiger partial charge on any atom is 0.223 e. The number of hydrogen-bond acceptors (Lipinski definition) is 1. The molecule has 2 rings (SSSR count). The molecule has 0 aromatic rings. The Morgan fingerprint density at radius 3 is 2.82 bits per heavy atom. The molecular formula is C9H15NO. The van der Waals surface area contributed by atoms with Crippen LogP contribution in [-0.4, -0.2) is 11.4 Å². The molecule has 1 amide bonds. The second kappa shape index (κ2) is 2.23. The fraction of sp³-hybridized carbons (Fsp3) is 0.889. The van der Waals surface area contributed by atoms with Crippen LogP contribution in [0.1, 0.15) is 39.0 Å². The zero-order valence-electron chi connectivity index (χ0n) is 7.02. The Bertz CT molecular complexity index is 184. The summed E-state index contributed by atoms with van der Waals surface area (Å²) in [5, 5.41) is 3.10. The van der Waals surface area contributed by atoms with Gasteiger partial charge in [0.2, 0.25) is 5.91 Å². The monoisotopic (exact) mass is 153 g/mol. The number of nitrogens with one attached hydrogen (secondary N) is 1. The summed E-state index contributed by atoms with van der Waals surface area (Å²) in [6.07, 6.45) is 5.76. The number of hydrogen-bond donors (Lipinski definition) is 1. The van der Waals surface area contributed by atoms with Crippen molar-refractivity contribution in [2.75, 3.05) is 0 Å². The molecule has 1 aliphatic carbocycles. The Labute approximate surface area is 67.4 Å². The molecule has 1 saturated carbocycles. The molecule has 2 aliphatic rings. The lowest BCUT2D eigenvalue weighted by Crippen LogP contribution is -2.27. The minimum atomic E-state index is 0.289. The third-order valence-electron chi connectivity index (χ3n) is 2.89. The van der Waals surface area contributed by atoms with E-state index in [1.165, 1.54) is 12.8 Å². The lowest BCUT2D eigenvalue weighted by Gasteiger charge is -2.03. The molecule has 2 nitrogen and oxygen atoms in total. The van der Waals surface area contributed by atoms with Crippen LogP contribution in [0.15, 0.2) is 0 Å². The van der Waals surface area contributed by atoms with Crippen molar-refractivity contribution in [3.8, 4) is 0 Å². The Hall–Kier alpha value is -0.530. The van der Waals surface area contributed by atoms with Crippen molar-refractivity contribution in [1.82, 2.24) is 5.32 Å². The quantitative estimate of drug-likeness (QED) is 0.639. The molecule has 0 bridgehead atoms. The first-order valence-corrected chi connectivity index (χ1v) is 4.58. The highest BCUT2D eigenvalue weighted by molar-refractivity contribution is 5.82. The first-order chi connectivity index (χ1) is 5.26. The van der Waals surface area contributed by atoms with Gasteiger partial charge < -0.3 is 5.32 Å². The highest BCUT2D eigenvalue weighted by atomic mass is 16.2. The lowest BCUT2D eigenvalue weighted by molar-refractivity contribution is -0.122. The molecule has 2 fully saturated rings. The van der Waals surface area contributed by atoms with Crippen LogP contribution in [-0.2, 0) is 4.79 Å². The molecule has 0 radical (unpaired) electrons. The number of amides is 1. The minimum absolute atomic E-state index is 0.289. The molecular weight excluding hydrogens is 138 g/mol. The first kappa shape index (κ1) is 7.14. The molecule has 1 unspecified atom stereocenters. The largest absolute Gasteiger partial charge is 0.350 e. The van der Waals surface area contributed by atoms with E-state index in [9.17, 15) is 4.79 Å². The van der Waals surface area contributed by atoms with Crippen LogP contribution in [0.3, 0.4) is 0 Å². The average Bonchev–Trinajstić information content (AvgIpc) is 2.61. The summed E-state index contributed by atoms with van der Waals surface area (Å²) in [4.78, 5) is 11.3. The van der Waals surface area contributed by atoms with Crippen LogP contribution < -0.4 is 5.32 Å². The molecule has 11 heavy (non-hydrogen) atoms. The molecule has 1 aliphatic heterocycles. The van der Waals surface area contributed by atoms with Gasteiger partial charge in [-0.1, -0.05) is 13.3 Å². The lowest BCUT2D eigenvalue weighted by atomic mass is 9.99. The molecule has 1 heterocycles. The Kier molecular flexibility index (Phi) is 1.44. The normalized spacial score (nSPS) is 32.5.